The van der Waals surface area contributed by atoms with E-state index in [0.717, 1.165) is 25.9 Å². The molecule has 0 aromatic rings. The summed E-state index contributed by atoms with van der Waals surface area (Å²) >= 11 is 0. The third kappa shape index (κ3) is 7.49. The first kappa shape index (κ1) is 19.7. The van der Waals surface area contributed by atoms with E-state index in [0.29, 0.717) is 12.0 Å². The minimum absolute atomic E-state index is 0. The van der Waals surface area contributed by atoms with Crippen molar-refractivity contribution in [2.24, 2.45) is 11.8 Å². The minimum Gasteiger partial charge on any atom is -0.356 e. The topological polar surface area (TPSA) is 41.1 Å². The second-order valence-electron chi connectivity index (χ2n) is 6.12. The van der Waals surface area contributed by atoms with Crippen LogP contribution in [0.1, 0.15) is 65.7 Å². The molecule has 1 fully saturated rings. The molecule has 0 aromatic heterocycles. The predicted molar refractivity (Wildman–Crippen MR) is 88.4 cm³/mol. The molecule has 1 aliphatic rings. The van der Waals surface area contributed by atoms with E-state index in [4.69, 9.17) is 0 Å². The second kappa shape index (κ2) is 11.4. The van der Waals surface area contributed by atoms with Crippen molar-refractivity contribution in [2.75, 3.05) is 13.1 Å². The molecule has 0 spiro atoms. The molecule has 20 heavy (non-hydrogen) atoms. The summed E-state index contributed by atoms with van der Waals surface area (Å²) in [4.78, 5) is 12.2. The quantitative estimate of drug-likeness (QED) is 0.720. The van der Waals surface area contributed by atoms with Crippen LogP contribution in [-0.2, 0) is 4.79 Å². The summed E-state index contributed by atoms with van der Waals surface area (Å²) in [5.74, 6) is 1.18. The number of rotatable bonds is 8. The lowest BCUT2D eigenvalue weighted by atomic mass is 9.92. The van der Waals surface area contributed by atoms with Gasteiger partial charge in [-0.15, -0.1) is 12.4 Å². The van der Waals surface area contributed by atoms with Crippen LogP contribution in [0.3, 0.4) is 0 Å². The number of hydrogen-bond acceptors (Lipinski definition) is 2. The lowest BCUT2D eigenvalue weighted by Gasteiger charge is -2.27. The third-order valence-corrected chi connectivity index (χ3v) is 4.22. The first-order valence-corrected chi connectivity index (χ1v) is 8.18. The molecule has 1 rings (SSSR count). The fourth-order valence-corrected chi connectivity index (χ4v) is 3.01. The Morgan fingerprint density at radius 2 is 2.05 bits per heavy atom. The molecule has 3 atom stereocenters. The molecule has 4 heteroatoms. The average molecular weight is 305 g/mol. The van der Waals surface area contributed by atoms with Gasteiger partial charge in [0.15, 0.2) is 0 Å². The fourth-order valence-electron chi connectivity index (χ4n) is 3.01. The second-order valence-corrected chi connectivity index (χ2v) is 6.12. The standard InChI is InChI=1S/C16H32N2O.ClH/c1-4-6-8-14(7-5-2)12-18-16(19)15-9-10-17-13(3)11-15;/h13-15,17H,4-12H2,1-3H3,(H,18,19);1H/t13-,14?,15-;/m0./s1. The highest BCUT2D eigenvalue weighted by Gasteiger charge is 2.24. The Balaban J connectivity index is 0.00000361. The number of carbonyl (C=O) groups is 1. The lowest BCUT2D eigenvalue weighted by molar-refractivity contribution is -0.126. The van der Waals surface area contributed by atoms with Gasteiger partial charge in [0, 0.05) is 18.5 Å². The number of carbonyl (C=O) groups excluding carboxylic acids is 1. The number of unbranched alkanes of at least 4 members (excludes halogenated alkanes) is 1. The van der Waals surface area contributed by atoms with Crippen molar-refractivity contribution in [1.29, 1.82) is 0 Å². The van der Waals surface area contributed by atoms with E-state index >= 15 is 0 Å². The SMILES string of the molecule is CCCCC(CCC)CNC(=O)[C@H]1CCN[C@@H](C)C1.Cl. The molecule has 0 saturated carbocycles. The van der Waals surface area contributed by atoms with Crippen molar-refractivity contribution >= 4 is 18.3 Å². The van der Waals surface area contributed by atoms with Gasteiger partial charge in [0.05, 0.1) is 0 Å². The van der Waals surface area contributed by atoms with Crippen LogP contribution in [0.25, 0.3) is 0 Å². The summed E-state index contributed by atoms with van der Waals surface area (Å²) in [5.41, 5.74) is 0. The van der Waals surface area contributed by atoms with Gasteiger partial charge < -0.3 is 10.6 Å². The number of halogens is 1. The van der Waals surface area contributed by atoms with Crippen LogP contribution in [-0.4, -0.2) is 25.0 Å². The van der Waals surface area contributed by atoms with Gasteiger partial charge in [0.2, 0.25) is 5.91 Å². The zero-order valence-corrected chi connectivity index (χ0v) is 14.2. The van der Waals surface area contributed by atoms with Crippen molar-refractivity contribution in [1.82, 2.24) is 10.6 Å². The third-order valence-electron chi connectivity index (χ3n) is 4.22. The van der Waals surface area contributed by atoms with Gasteiger partial charge in [-0.05, 0) is 45.1 Å². The highest BCUT2D eigenvalue weighted by atomic mass is 35.5. The fraction of sp³-hybridized carbons (Fsp3) is 0.938. The number of piperidine rings is 1. The Bertz CT molecular complexity index is 261. The number of amides is 1. The maximum absolute atomic E-state index is 12.2. The van der Waals surface area contributed by atoms with Gasteiger partial charge in [-0.1, -0.05) is 33.1 Å². The highest BCUT2D eigenvalue weighted by Crippen LogP contribution is 2.17. The maximum atomic E-state index is 12.2. The average Bonchev–Trinajstić information content (AvgIpc) is 2.41. The smallest absolute Gasteiger partial charge is 0.223 e. The molecule has 120 valence electrons. The van der Waals surface area contributed by atoms with Gasteiger partial charge in [-0.3, -0.25) is 4.79 Å². The van der Waals surface area contributed by atoms with E-state index in [-0.39, 0.29) is 24.2 Å². The molecule has 1 saturated heterocycles. The minimum atomic E-state index is 0. The van der Waals surface area contributed by atoms with Crippen molar-refractivity contribution in [3.05, 3.63) is 0 Å². The largest absolute Gasteiger partial charge is 0.356 e. The first-order valence-electron chi connectivity index (χ1n) is 8.18. The summed E-state index contributed by atoms with van der Waals surface area (Å²) in [6.07, 6.45) is 8.22. The summed E-state index contributed by atoms with van der Waals surface area (Å²) < 4.78 is 0. The van der Waals surface area contributed by atoms with Crippen molar-refractivity contribution in [2.45, 2.75) is 71.8 Å². The number of nitrogens with one attached hydrogen (secondary N) is 2. The molecule has 0 aromatic carbocycles. The molecule has 3 nitrogen and oxygen atoms in total. The van der Waals surface area contributed by atoms with Crippen LogP contribution < -0.4 is 10.6 Å². The summed E-state index contributed by atoms with van der Waals surface area (Å²) in [7, 11) is 0. The van der Waals surface area contributed by atoms with E-state index < -0.39 is 0 Å². The van der Waals surface area contributed by atoms with Crippen LogP contribution in [0.15, 0.2) is 0 Å². The first-order chi connectivity index (χ1) is 9.17. The van der Waals surface area contributed by atoms with Gasteiger partial charge in [0.1, 0.15) is 0 Å². The molecule has 0 bridgehead atoms. The molecule has 2 N–H and O–H groups in total. The summed E-state index contributed by atoms with van der Waals surface area (Å²) in [6.45, 7) is 8.49. The van der Waals surface area contributed by atoms with Crippen molar-refractivity contribution < 1.29 is 4.79 Å². The monoisotopic (exact) mass is 304 g/mol. The molecule has 1 heterocycles. The van der Waals surface area contributed by atoms with Crippen molar-refractivity contribution in [3.8, 4) is 0 Å². The normalized spacial score (nSPS) is 23.8. The zero-order valence-electron chi connectivity index (χ0n) is 13.4. The van der Waals surface area contributed by atoms with Gasteiger partial charge in [-0.25, -0.2) is 0 Å². The van der Waals surface area contributed by atoms with Gasteiger partial charge in [-0.2, -0.15) is 0 Å². The summed E-state index contributed by atoms with van der Waals surface area (Å²) in [6, 6.07) is 0.482. The van der Waals surface area contributed by atoms with E-state index in [1.807, 2.05) is 0 Å². The molecular weight excluding hydrogens is 272 g/mol. The predicted octanol–water partition coefficient (Wildman–Crippen LogP) is 3.52. The van der Waals surface area contributed by atoms with Gasteiger partial charge in [0.25, 0.3) is 0 Å². The van der Waals surface area contributed by atoms with Crippen LogP contribution in [0.2, 0.25) is 0 Å². The molecular formula is C16H33ClN2O. The maximum Gasteiger partial charge on any atom is 0.223 e. The van der Waals surface area contributed by atoms with Crippen molar-refractivity contribution in [3.63, 3.8) is 0 Å². The summed E-state index contributed by atoms with van der Waals surface area (Å²) in [5, 5.41) is 6.60. The Hall–Kier alpha value is -0.280. The Labute approximate surface area is 131 Å². The Morgan fingerprint density at radius 3 is 2.65 bits per heavy atom. The highest BCUT2D eigenvalue weighted by molar-refractivity contribution is 5.85. The van der Waals surface area contributed by atoms with Gasteiger partial charge >= 0.3 is 0 Å². The molecule has 0 aliphatic carbocycles. The molecule has 0 radical (unpaired) electrons. The van der Waals surface area contributed by atoms with E-state index in [2.05, 4.69) is 31.4 Å². The molecule has 1 unspecified atom stereocenters. The lowest BCUT2D eigenvalue weighted by Crippen LogP contribution is -2.43. The number of hydrogen-bond donors (Lipinski definition) is 2. The van der Waals surface area contributed by atoms with Crippen LogP contribution in [0.4, 0.5) is 0 Å². The Morgan fingerprint density at radius 1 is 1.30 bits per heavy atom. The zero-order chi connectivity index (χ0) is 14.1. The van der Waals surface area contributed by atoms with E-state index in [1.54, 1.807) is 0 Å². The van der Waals surface area contributed by atoms with Crippen LogP contribution in [0, 0.1) is 11.8 Å². The van der Waals surface area contributed by atoms with Crippen LogP contribution in [0.5, 0.6) is 0 Å². The van der Waals surface area contributed by atoms with E-state index in [1.165, 1.54) is 32.1 Å². The molecule has 1 amide bonds. The Kier molecular flexibility index (Phi) is 11.2. The van der Waals surface area contributed by atoms with Crippen LogP contribution >= 0.6 is 12.4 Å². The molecule has 1 aliphatic heterocycles. The van der Waals surface area contributed by atoms with E-state index in [9.17, 15) is 4.79 Å².